The lowest BCUT2D eigenvalue weighted by molar-refractivity contribution is -0.141. The van der Waals surface area contributed by atoms with Crippen LogP contribution in [0.25, 0.3) is 0 Å². The van der Waals surface area contributed by atoms with E-state index in [-0.39, 0.29) is 23.7 Å². The molecule has 8 heteroatoms. The minimum atomic E-state index is -0.466. The summed E-state index contributed by atoms with van der Waals surface area (Å²) in [4.78, 5) is 36.4. The monoisotopic (exact) mass is 306 g/mol. The third-order valence-corrected chi connectivity index (χ3v) is 3.94. The van der Waals surface area contributed by atoms with Crippen LogP contribution in [0.4, 0.5) is 0 Å². The van der Waals surface area contributed by atoms with Crippen molar-refractivity contribution in [2.24, 2.45) is 5.92 Å². The molecule has 2 amide bonds. The Morgan fingerprint density at radius 3 is 2.41 bits per heavy atom. The van der Waals surface area contributed by atoms with Gasteiger partial charge in [-0.2, -0.15) is 0 Å². The zero-order chi connectivity index (χ0) is 16.3. The maximum atomic E-state index is 12.0. The Kier molecular flexibility index (Phi) is 4.69. The summed E-state index contributed by atoms with van der Waals surface area (Å²) in [7, 11) is 0. The first kappa shape index (κ1) is 15.9. The maximum absolute atomic E-state index is 12.0. The Hall–Kier alpha value is -2.51. The van der Waals surface area contributed by atoms with E-state index in [0.29, 0.717) is 23.4 Å². The maximum Gasteiger partial charge on any atom is 0.253 e. The summed E-state index contributed by atoms with van der Waals surface area (Å²) in [5.41, 5.74) is 0.470. The molecule has 0 spiro atoms. The van der Waals surface area contributed by atoms with Crippen molar-refractivity contribution in [2.75, 3.05) is 0 Å². The molecule has 0 saturated heterocycles. The van der Waals surface area contributed by atoms with Gasteiger partial charge in [-0.3, -0.25) is 14.5 Å². The Morgan fingerprint density at radius 2 is 1.91 bits per heavy atom. The number of hydrogen-bond donors (Lipinski definition) is 1. The van der Waals surface area contributed by atoms with E-state index < -0.39 is 6.04 Å². The van der Waals surface area contributed by atoms with Crippen molar-refractivity contribution in [2.45, 2.75) is 38.6 Å². The summed E-state index contributed by atoms with van der Waals surface area (Å²) < 4.78 is 0. The molecule has 1 aliphatic rings. The molecule has 1 aromatic rings. The standard InChI is InChI=1S/C14H18N4O4/c1-9(4-3-7-19)14(18-12(20)5-6-13(18)21)10(2)11-8-17(22)16-15-11/h5-10,14,22H,3-4H2,1-2H3. The lowest BCUT2D eigenvalue weighted by atomic mass is 9.84. The number of nitrogens with zero attached hydrogens (tertiary/aromatic N) is 4. The summed E-state index contributed by atoms with van der Waals surface area (Å²) in [6, 6.07) is -0.466. The highest BCUT2D eigenvalue weighted by Crippen LogP contribution is 2.31. The molecule has 0 radical (unpaired) electrons. The van der Waals surface area contributed by atoms with Gasteiger partial charge in [-0.25, -0.2) is 0 Å². The Labute approximate surface area is 127 Å². The van der Waals surface area contributed by atoms with Crippen molar-refractivity contribution in [3.05, 3.63) is 24.0 Å². The first-order valence-corrected chi connectivity index (χ1v) is 7.06. The van der Waals surface area contributed by atoms with Crippen molar-refractivity contribution in [1.82, 2.24) is 20.1 Å². The molecular formula is C14H18N4O4. The molecule has 8 nitrogen and oxygen atoms in total. The van der Waals surface area contributed by atoms with Gasteiger partial charge in [0.05, 0.1) is 17.9 Å². The van der Waals surface area contributed by atoms with Gasteiger partial charge in [0.2, 0.25) is 0 Å². The fraction of sp³-hybridized carbons (Fsp3) is 0.500. The van der Waals surface area contributed by atoms with E-state index in [1.54, 1.807) is 0 Å². The molecule has 0 bridgehead atoms. The van der Waals surface area contributed by atoms with Crippen molar-refractivity contribution in [3.63, 3.8) is 0 Å². The molecule has 3 unspecified atom stereocenters. The van der Waals surface area contributed by atoms with Crippen molar-refractivity contribution >= 4 is 18.1 Å². The SMILES string of the molecule is CC(CCC=O)C(C(C)c1cn(O)nn1)N1C(=O)C=CC1=O. The van der Waals surface area contributed by atoms with Crippen molar-refractivity contribution in [3.8, 4) is 0 Å². The molecule has 1 aromatic heterocycles. The van der Waals surface area contributed by atoms with Crippen LogP contribution in [0.2, 0.25) is 0 Å². The van der Waals surface area contributed by atoms with E-state index in [9.17, 15) is 19.6 Å². The minimum Gasteiger partial charge on any atom is -0.411 e. The van der Waals surface area contributed by atoms with Gasteiger partial charge in [0.15, 0.2) is 0 Å². The van der Waals surface area contributed by atoms with Gasteiger partial charge >= 0.3 is 0 Å². The molecule has 22 heavy (non-hydrogen) atoms. The second kappa shape index (κ2) is 6.50. The highest BCUT2D eigenvalue weighted by molar-refractivity contribution is 6.13. The van der Waals surface area contributed by atoms with Crippen LogP contribution in [0.1, 0.15) is 38.3 Å². The molecule has 0 saturated carbocycles. The molecule has 0 aliphatic carbocycles. The van der Waals surface area contributed by atoms with Crippen molar-refractivity contribution in [1.29, 1.82) is 0 Å². The van der Waals surface area contributed by atoms with Gasteiger partial charge in [-0.05, 0) is 17.6 Å². The second-order valence-corrected chi connectivity index (χ2v) is 5.44. The number of aromatic nitrogens is 3. The third kappa shape index (κ3) is 3.05. The fourth-order valence-corrected chi connectivity index (χ4v) is 2.83. The van der Waals surface area contributed by atoms with Crippen LogP contribution < -0.4 is 0 Å². The van der Waals surface area contributed by atoms with E-state index >= 15 is 0 Å². The largest absolute Gasteiger partial charge is 0.411 e. The Morgan fingerprint density at radius 1 is 1.27 bits per heavy atom. The van der Waals surface area contributed by atoms with Gasteiger partial charge in [0.25, 0.3) is 11.8 Å². The molecule has 2 heterocycles. The minimum absolute atomic E-state index is 0.100. The van der Waals surface area contributed by atoms with Crippen LogP contribution in [0.15, 0.2) is 18.3 Å². The molecule has 118 valence electrons. The normalized spacial score (nSPS) is 18.5. The van der Waals surface area contributed by atoms with Crippen LogP contribution >= 0.6 is 0 Å². The number of hydrogen-bond acceptors (Lipinski definition) is 6. The molecule has 3 atom stereocenters. The predicted molar refractivity (Wildman–Crippen MR) is 74.9 cm³/mol. The molecular weight excluding hydrogens is 288 g/mol. The zero-order valence-electron chi connectivity index (χ0n) is 12.4. The van der Waals surface area contributed by atoms with E-state index in [1.807, 2.05) is 13.8 Å². The third-order valence-electron chi connectivity index (χ3n) is 3.94. The summed E-state index contributed by atoms with van der Waals surface area (Å²) in [6.45, 7) is 3.69. The summed E-state index contributed by atoms with van der Waals surface area (Å²) >= 11 is 0. The van der Waals surface area contributed by atoms with Gasteiger partial charge in [0, 0.05) is 24.5 Å². The average Bonchev–Trinajstić information content (AvgIpc) is 3.05. The quantitative estimate of drug-likeness (QED) is 0.447. The van der Waals surface area contributed by atoms with E-state index in [4.69, 9.17) is 0 Å². The molecule has 2 rings (SSSR count). The number of imide groups is 1. The smallest absolute Gasteiger partial charge is 0.253 e. The van der Waals surface area contributed by atoms with Crippen LogP contribution in [0.3, 0.4) is 0 Å². The Balaban J connectivity index is 2.30. The molecule has 0 aromatic carbocycles. The summed E-state index contributed by atoms with van der Waals surface area (Å²) in [5, 5.41) is 16.6. The highest BCUT2D eigenvalue weighted by Gasteiger charge is 2.39. The van der Waals surface area contributed by atoms with Gasteiger partial charge in [-0.15, -0.1) is 5.10 Å². The van der Waals surface area contributed by atoms with Gasteiger partial charge in [-0.1, -0.05) is 18.7 Å². The van der Waals surface area contributed by atoms with E-state index in [0.717, 1.165) is 6.29 Å². The second-order valence-electron chi connectivity index (χ2n) is 5.44. The van der Waals surface area contributed by atoms with Crippen molar-refractivity contribution < 1.29 is 19.6 Å². The number of carbonyl (C=O) groups excluding carboxylic acids is 3. The lowest BCUT2D eigenvalue weighted by Gasteiger charge is -2.35. The predicted octanol–water partition coefficient (Wildman–Crippen LogP) is 0.528. The lowest BCUT2D eigenvalue weighted by Crippen LogP contribution is -2.46. The van der Waals surface area contributed by atoms with Crippen LogP contribution in [-0.2, 0) is 14.4 Å². The highest BCUT2D eigenvalue weighted by atomic mass is 16.5. The van der Waals surface area contributed by atoms with E-state index in [2.05, 4.69) is 10.3 Å². The zero-order valence-corrected chi connectivity index (χ0v) is 12.4. The first-order valence-electron chi connectivity index (χ1n) is 7.06. The first-order chi connectivity index (χ1) is 10.5. The number of carbonyl (C=O) groups is 3. The van der Waals surface area contributed by atoms with Gasteiger partial charge in [0.1, 0.15) is 6.29 Å². The number of amides is 2. The Bertz CT molecular complexity index is 592. The van der Waals surface area contributed by atoms with Crippen LogP contribution in [0.5, 0.6) is 0 Å². The fourth-order valence-electron chi connectivity index (χ4n) is 2.83. The topological polar surface area (TPSA) is 105 Å². The number of aldehydes is 1. The summed E-state index contributed by atoms with van der Waals surface area (Å²) in [5.74, 6) is -1.18. The van der Waals surface area contributed by atoms with Crippen LogP contribution in [0, 0.1) is 5.92 Å². The molecule has 1 N–H and O–H groups in total. The van der Waals surface area contributed by atoms with Gasteiger partial charge < -0.3 is 10.0 Å². The van der Waals surface area contributed by atoms with Crippen LogP contribution in [-0.4, -0.2) is 49.4 Å². The molecule has 0 fully saturated rings. The number of rotatable bonds is 7. The van der Waals surface area contributed by atoms with E-state index in [1.165, 1.54) is 23.2 Å². The average molecular weight is 306 g/mol. The molecule has 1 aliphatic heterocycles. The summed E-state index contributed by atoms with van der Waals surface area (Å²) in [6.07, 6.45) is 5.51.